The van der Waals surface area contributed by atoms with E-state index in [0.29, 0.717) is 6.54 Å². The van der Waals surface area contributed by atoms with Crippen molar-refractivity contribution in [2.24, 2.45) is 0 Å². The van der Waals surface area contributed by atoms with Gasteiger partial charge in [-0.25, -0.2) is 8.78 Å². The molecule has 0 amide bonds. The number of anilines is 1. The van der Waals surface area contributed by atoms with E-state index in [-0.39, 0.29) is 5.69 Å². The molecule has 0 unspecified atom stereocenters. The largest absolute Gasteiger partial charge is 0.380 e. The maximum Gasteiger partial charge on any atom is 0.149 e. The molecular formula is C13H18F2N2. The predicted molar refractivity (Wildman–Crippen MR) is 65.1 cm³/mol. The van der Waals surface area contributed by atoms with Gasteiger partial charge in [-0.3, -0.25) is 0 Å². The number of nitrogens with zero attached hydrogens (tertiary/aromatic N) is 1. The lowest BCUT2D eigenvalue weighted by molar-refractivity contribution is 0.337. The van der Waals surface area contributed by atoms with Gasteiger partial charge in [-0.2, -0.15) is 0 Å². The van der Waals surface area contributed by atoms with Crippen molar-refractivity contribution in [1.29, 1.82) is 0 Å². The van der Waals surface area contributed by atoms with Crippen molar-refractivity contribution in [2.75, 3.05) is 31.5 Å². The number of halogens is 2. The molecule has 1 aliphatic rings. The normalized spacial score (nSPS) is 16.4. The molecule has 4 heteroatoms. The van der Waals surface area contributed by atoms with Crippen LogP contribution in [0.4, 0.5) is 14.5 Å². The van der Waals surface area contributed by atoms with E-state index >= 15 is 0 Å². The lowest BCUT2D eigenvalue weighted by Crippen LogP contribution is -2.22. The third-order valence-corrected chi connectivity index (χ3v) is 3.11. The van der Waals surface area contributed by atoms with E-state index in [9.17, 15) is 8.78 Å². The van der Waals surface area contributed by atoms with Crippen LogP contribution in [0.2, 0.25) is 0 Å². The van der Waals surface area contributed by atoms with Crippen LogP contribution in [0.1, 0.15) is 19.3 Å². The van der Waals surface area contributed by atoms with Gasteiger partial charge >= 0.3 is 0 Å². The minimum atomic E-state index is -0.522. The first-order valence-corrected chi connectivity index (χ1v) is 6.17. The van der Waals surface area contributed by atoms with Gasteiger partial charge in [-0.05, 0) is 51.0 Å². The molecule has 0 bridgehead atoms. The molecule has 94 valence electrons. The zero-order valence-electron chi connectivity index (χ0n) is 9.88. The van der Waals surface area contributed by atoms with E-state index in [2.05, 4.69) is 10.2 Å². The molecule has 1 aliphatic heterocycles. The zero-order chi connectivity index (χ0) is 12.1. The highest BCUT2D eigenvalue weighted by molar-refractivity contribution is 5.45. The molecule has 17 heavy (non-hydrogen) atoms. The Balaban J connectivity index is 1.74. The van der Waals surface area contributed by atoms with Crippen LogP contribution in [0, 0.1) is 11.6 Å². The molecule has 0 aromatic heterocycles. The summed E-state index contributed by atoms with van der Waals surface area (Å²) in [6.45, 7) is 3.93. The van der Waals surface area contributed by atoms with Crippen LogP contribution in [0.5, 0.6) is 0 Å². The van der Waals surface area contributed by atoms with Gasteiger partial charge in [0.05, 0.1) is 0 Å². The molecular weight excluding hydrogens is 222 g/mol. The highest BCUT2D eigenvalue weighted by Gasteiger charge is 2.11. The van der Waals surface area contributed by atoms with Crippen LogP contribution in [-0.2, 0) is 0 Å². The van der Waals surface area contributed by atoms with Crippen molar-refractivity contribution >= 4 is 5.69 Å². The smallest absolute Gasteiger partial charge is 0.149 e. The van der Waals surface area contributed by atoms with E-state index < -0.39 is 11.6 Å². The lowest BCUT2D eigenvalue weighted by atomic mass is 10.3. The molecule has 1 aromatic carbocycles. The topological polar surface area (TPSA) is 15.3 Å². The summed E-state index contributed by atoms with van der Waals surface area (Å²) in [5.41, 5.74) is -0.00563. The Morgan fingerprint density at radius 3 is 2.41 bits per heavy atom. The first kappa shape index (κ1) is 12.3. The standard InChI is InChI=1S/C13H18F2N2/c14-11-5-3-6-12(15)13(11)16-7-4-10-17-8-1-2-9-17/h3,5-6,16H,1-2,4,7-10H2. The minimum absolute atomic E-state index is 0.00563. The van der Waals surface area contributed by atoms with Crippen molar-refractivity contribution in [2.45, 2.75) is 19.3 Å². The third kappa shape index (κ3) is 3.40. The van der Waals surface area contributed by atoms with Crippen LogP contribution >= 0.6 is 0 Å². The van der Waals surface area contributed by atoms with Gasteiger partial charge in [0.2, 0.25) is 0 Å². The highest BCUT2D eigenvalue weighted by atomic mass is 19.1. The fourth-order valence-electron chi connectivity index (χ4n) is 2.19. The van der Waals surface area contributed by atoms with Crippen molar-refractivity contribution in [3.8, 4) is 0 Å². The Kier molecular flexibility index (Phi) is 4.31. The number of para-hydroxylation sites is 1. The summed E-state index contributed by atoms with van der Waals surface area (Å²) < 4.78 is 26.5. The third-order valence-electron chi connectivity index (χ3n) is 3.11. The maximum atomic E-state index is 13.3. The monoisotopic (exact) mass is 240 g/mol. The van der Waals surface area contributed by atoms with E-state index in [1.54, 1.807) is 0 Å². The second-order valence-electron chi connectivity index (χ2n) is 4.43. The summed E-state index contributed by atoms with van der Waals surface area (Å²) in [5.74, 6) is -1.04. The fraction of sp³-hybridized carbons (Fsp3) is 0.538. The summed E-state index contributed by atoms with van der Waals surface area (Å²) in [4.78, 5) is 2.39. The van der Waals surface area contributed by atoms with Gasteiger partial charge in [0.15, 0.2) is 0 Å². The number of rotatable bonds is 5. The van der Waals surface area contributed by atoms with Crippen LogP contribution in [0.3, 0.4) is 0 Å². The predicted octanol–water partition coefficient (Wildman–Crippen LogP) is 2.86. The van der Waals surface area contributed by atoms with Crippen molar-refractivity contribution in [1.82, 2.24) is 4.90 Å². The average molecular weight is 240 g/mol. The Morgan fingerprint density at radius 1 is 1.12 bits per heavy atom. The number of nitrogens with one attached hydrogen (secondary N) is 1. The fourth-order valence-corrected chi connectivity index (χ4v) is 2.19. The summed E-state index contributed by atoms with van der Waals surface area (Å²) in [5, 5.41) is 2.83. The van der Waals surface area contributed by atoms with Gasteiger partial charge in [-0.1, -0.05) is 6.07 Å². The molecule has 1 aromatic rings. The van der Waals surface area contributed by atoms with E-state index in [0.717, 1.165) is 26.1 Å². The van der Waals surface area contributed by atoms with Crippen LogP contribution in [0.15, 0.2) is 18.2 Å². The molecule has 1 N–H and O–H groups in total. The summed E-state index contributed by atoms with van der Waals surface area (Å²) in [7, 11) is 0. The van der Waals surface area contributed by atoms with Crippen LogP contribution in [0.25, 0.3) is 0 Å². The summed E-state index contributed by atoms with van der Waals surface area (Å²) >= 11 is 0. The molecule has 1 fully saturated rings. The maximum absolute atomic E-state index is 13.3. The van der Waals surface area contributed by atoms with Crippen molar-refractivity contribution in [3.05, 3.63) is 29.8 Å². The molecule has 1 heterocycles. The van der Waals surface area contributed by atoms with Gasteiger partial charge in [0, 0.05) is 6.54 Å². The van der Waals surface area contributed by atoms with E-state index in [1.807, 2.05) is 0 Å². The number of hydrogen-bond donors (Lipinski definition) is 1. The van der Waals surface area contributed by atoms with Gasteiger partial charge in [0.25, 0.3) is 0 Å². The van der Waals surface area contributed by atoms with Crippen LogP contribution in [-0.4, -0.2) is 31.1 Å². The molecule has 0 radical (unpaired) electrons. The Morgan fingerprint density at radius 2 is 1.76 bits per heavy atom. The zero-order valence-corrected chi connectivity index (χ0v) is 9.88. The SMILES string of the molecule is Fc1cccc(F)c1NCCCN1CCCC1. The van der Waals surface area contributed by atoms with Crippen molar-refractivity contribution < 1.29 is 8.78 Å². The first-order chi connectivity index (χ1) is 8.27. The van der Waals surface area contributed by atoms with E-state index in [4.69, 9.17) is 0 Å². The highest BCUT2D eigenvalue weighted by Crippen LogP contribution is 2.17. The average Bonchev–Trinajstić information content (AvgIpc) is 2.80. The van der Waals surface area contributed by atoms with Gasteiger partial charge in [-0.15, -0.1) is 0 Å². The second-order valence-corrected chi connectivity index (χ2v) is 4.43. The quantitative estimate of drug-likeness (QED) is 0.796. The number of hydrogen-bond acceptors (Lipinski definition) is 2. The molecule has 1 saturated heterocycles. The Labute approximate surface area is 101 Å². The lowest BCUT2D eigenvalue weighted by Gasteiger charge is -2.15. The Bertz CT molecular complexity index is 342. The van der Waals surface area contributed by atoms with E-state index in [1.165, 1.54) is 31.0 Å². The molecule has 0 saturated carbocycles. The first-order valence-electron chi connectivity index (χ1n) is 6.17. The minimum Gasteiger partial charge on any atom is -0.380 e. The van der Waals surface area contributed by atoms with Crippen molar-refractivity contribution in [3.63, 3.8) is 0 Å². The number of benzene rings is 1. The number of likely N-dealkylation sites (tertiary alicyclic amines) is 1. The second kappa shape index (κ2) is 5.96. The van der Waals surface area contributed by atoms with Gasteiger partial charge < -0.3 is 10.2 Å². The summed E-state index contributed by atoms with van der Waals surface area (Å²) in [6.07, 6.45) is 3.46. The molecule has 0 atom stereocenters. The summed E-state index contributed by atoms with van der Waals surface area (Å²) in [6, 6.07) is 3.91. The Hall–Kier alpha value is -1.16. The van der Waals surface area contributed by atoms with Crippen LogP contribution < -0.4 is 5.32 Å². The van der Waals surface area contributed by atoms with Gasteiger partial charge in [0.1, 0.15) is 17.3 Å². The molecule has 0 spiro atoms. The molecule has 0 aliphatic carbocycles. The molecule has 2 nitrogen and oxygen atoms in total. The molecule has 2 rings (SSSR count).